The van der Waals surface area contributed by atoms with Crippen LogP contribution in [0.5, 0.6) is 5.75 Å². The van der Waals surface area contributed by atoms with Crippen LogP contribution in [0.2, 0.25) is 0 Å². The number of aromatic nitrogens is 2. The van der Waals surface area contributed by atoms with E-state index in [0.717, 1.165) is 41.1 Å². The first-order valence-corrected chi connectivity index (χ1v) is 7.93. The van der Waals surface area contributed by atoms with Crippen molar-refractivity contribution in [3.63, 3.8) is 0 Å². The third kappa shape index (κ3) is 3.44. The summed E-state index contributed by atoms with van der Waals surface area (Å²) >= 11 is 3.47. The van der Waals surface area contributed by atoms with Crippen LogP contribution in [0.1, 0.15) is 18.7 Å². The van der Waals surface area contributed by atoms with Crippen LogP contribution in [0.4, 0.5) is 0 Å². The number of methoxy groups -OCH3 is 1. The average molecular weight is 352 g/mol. The topological polar surface area (TPSA) is 60.2 Å². The molecule has 6 heteroatoms. The Balaban J connectivity index is 1.73. The summed E-state index contributed by atoms with van der Waals surface area (Å²) in [5, 5.41) is 7.51. The third-order valence-electron chi connectivity index (χ3n) is 3.74. The van der Waals surface area contributed by atoms with Gasteiger partial charge in [-0.3, -0.25) is 0 Å². The molecule has 21 heavy (non-hydrogen) atoms. The largest absolute Gasteiger partial charge is 0.496 e. The first kappa shape index (κ1) is 14.5. The fourth-order valence-corrected chi connectivity index (χ4v) is 3.15. The Labute approximate surface area is 132 Å². The maximum atomic E-state index is 5.38. The zero-order valence-corrected chi connectivity index (χ0v) is 13.5. The molecular formula is C15H18BrN3O2. The number of nitrogens with one attached hydrogen (secondary N) is 1. The van der Waals surface area contributed by atoms with E-state index >= 15 is 0 Å². The number of ether oxygens (including phenoxy) is 1. The van der Waals surface area contributed by atoms with E-state index in [4.69, 9.17) is 9.26 Å². The van der Waals surface area contributed by atoms with Gasteiger partial charge in [0.15, 0.2) is 5.82 Å². The van der Waals surface area contributed by atoms with Crippen LogP contribution in [0.25, 0.3) is 11.5 Å². The summed E-state index contributed by atoms with van der Waals surface area (Å²) in [5.41, 5.74) is 0.892. The van der Waals surface area contributed by atoms with Crippen LogP contribution in [-0.2, 0) is 6.42 Å². The molecule has 0 saturated carbocycles. The van der Waals surface area contributed by atoms with Gasteiger partial charge < -0.3 is 14.6 Å². The van der Waals surface area contributed by atoms with E-state index in [-0.39, 0.29) is 0 Å². The van der Waals surface area contributed by atoms with E-state index < -0.39 is 0 Å². The molecule has 3 rings (SSSR count). The summed E-state index contributed by atoms with van der Waals surface area (Å²) in [6, 6.07) is 5.73. The van der Waals surface area contributed by atoms with Gasteiger partial charge in [0.25, 0.3) is 5.89 Å². The number of piperidine rings is 1. The molecule has 0 spiro atoms. The summed E-state index contributed by atoms with van der Waals surface area (Å²) in [6.07, 6.45) is 3.32. The Morgan fingerprint density at radius 1 is 1.48 bits per heavy atom. The molecule has 1 N–H and O–H groups in total. The highest BCUT2D eigenvalue weighted by Crippen LogP contribution is 2.30. The fourth-order valence-electron chi connectivity index (χ4n) is 2.61. The van der Waals surface area contributed by atoms with Gasteiger partial charge in [0, 0.05) is 12.0 Å². The number of nitrogens with zero attached hydrogens (tertiary/aromatic N) is 2. The Morgan fingerprint density at radius 2 is 2.38 bits per heavy atom. The van der Waals surface area contributed by atoms with Gasteiger partial charge in [0.2, 0.25) is 0 Å². The average Bonchev–Trinajstić information content (AvgIpc) is 2.97. The standard InChI is InChI=1S/C15H18BrN3O2/c1-20-13-5-4-11(8-12(13)16)15-18-14(19-21-15)7-10-3-2-6-17-9-10/h4-5,8,10,17H,2-3,6-7,9H2,1H3. The lowest BCUT2D eigenvalue weighted by atomic mass is 9.96. The predicted molar refractivity (Wildman–Crippen MR) is 83.3 cm³/mol. The molecule has 1 aliphatic heterocycles. The predicted octanol–water partition coefficient (Wildman–Crippen LogP) is 3.05. The molecule has 5 nitrogen and oxygen atoms in total. The molecule has 0 aliphatic carbocycles. The van der Waals surface area contributed by atoms with Crippen LogP contribution in [0.3, 0.4) is 0 Å². The maximum Gasteiger partial charge on any atom is 0.257 e. The highest BCUT2D eigenvalue weighted by atomic mass is 79.9. The molecule has 112 valence electrons. The molecule has 1 atom stereocenters. The van der Waals surface area contributed by atoms with Gasteiger partial charge in [0.1, 0.15) is 5.75 Å². The van der Waals surface area contributed by atoms with Crippen molar-refractivity contribution in [3.8, 4) is 17.2 Å². The molecule has 1 saturated heterocycles. The van der Waals surface area contributed by atoms with Crippen LogP contribution < -0.4 is 10.1 Å². The van der Waals surface area contributed by atoms with Crippen LogP contribution in [-0.4, -0.2) is 30.3 Å². The van der Waals surface area contributed by atoms with Crippen molar-refractivity contribution in [1.82, 2.24) is 15.5 Å². The second-order valence-corrected chi connectivity index (χ2v) is 6.14. The van der Waals surface area contributed by atoms with E-state index in [1.54, 1.807) is 7.11 Å². The first-order chi connectivity index (χ1) is 10.3. The van der Waals surface area contributed by atoms with Gasteiger partial charge in [-0.2, -0.15) is 4.98 Å². The quantitative estimate of drug-likeness (QED) is 0.917. The van der Waals surface area contributed by atoms with Crippen LogP contribution in [0.15, 0.2) is 27.2 Å². The highest BCUT2D eigenvalue weighted by Gasteiger charge is 2.17. The molecule has 1 aliphatic rings. The molecule has 2 aromatic rings. The Kier molecular flexibility index (Phi) is 4.55. The normalized spacial score (nSPS) is 18.7. The van der Waals surface area contributed by atoms with Crippen molar-refractivity contribution < 1.29 is 9.26 Å². The SMILES string of the molecule is COc1ccc(-c2nc(CC3CCCNC3)no2)cc1Br. The van der Waals surface area contributed by atoms with Gasteiger partial charge in [-0.1, -0.05) is 5.16 Å². The summed E-state index contributed by atoms with van der Waals surface area (Å²) in [5.74, 6) is 2.72. The summed E-state index contributed by atoms with van der Waals surface area (Å²) in [7, 11) is 1.64. The summed E-state index contributed by atoms with van der Waals surface area (Å²) in [4.78, 5) is 4.50. The number of benzene rings is 1. The van der Waals surface area contributed by atoms with E-state index in [1.807, 2.05) is 18.2 Å². The molecule has 1 fully saturated rings. The molecule has 0 bridgehead atoms. The van der Waals surface area contributed by atoms with E-state index in [1.165, 1.54) is 12.8 Å². The lowest BCUT2D eigenvalue weighted by Gasteiger charge is -2.20. The minimum atomic E-state index is 0.553. The van der Waals surface area contributed by atoms with Crippen molar-refractivity contribution in [2.45, 2.75) is 19.3 Å². The lowest BCUT2D eigenvalue weighted by molar-refractivity contribution is 0.360. The lowest BCUT2D eigenvalue weighted by Crippen LogP contribution is -2.31. The molecule has 1 aromatic carbocycles. The van der Waals surface area contributed by atoms with Crippen molar-refractivity contribution in [1.29, 1.82) is 0 Å². The minimum Gasteiger partial charge on any atom is -0.496 e. The molecule has 1 unspecified atom stereocenters. The van der Waals surface area contributed by atoms with Crippen molar-refractivity contribution in [2.75, 3.05) is 20.2 Å². The maximum absolute atomic E-state index is 5.38. The molecular weight excluding hydrogens is 334 g/mol. The van der Waals surface area contributed by atoms with Gasteiger partial charge in [0.05, 0.1) is 11.6 Å². The number of hydrogen-bond donors (Lipinski definition) is 1. The number of rotatable bonds is 4. The monoisotopic (exact) mass is 351 g/mol. The van der Waals surface area contributed by atoms with Gasteiger partial charge in [-0.05, 0) is 66.0 Å². The van der Waals surface area contributed by atoms with Gasteiger partial charge >= 0.3 is 0 Å². The second-order valence-electron chi connectivity index (χ2n) is 5.28. The van der Waals surface area contributed by atoms with E-state index in [2.05, 4.69) is 31.4 Å². The third-order valence-corrected chi connectivity index (χ3v) is 4.36. The molecule has 0 radical (unpaired) electrons. The van der Waals surface area contributed by atoms with Crippen LogP contribution in [0, 0.1) is 5.92 Å². The number of hydrogen-bond acceptors (Lipinski definition) is 5. The fraction of sp³-hybridized carbons (Fsp3) is 0.467. The Morgan fingerprint density at radius 3 is 3.10 bits per heavy atom. The summed E-state index contributed by atoms with van der Waals surface area (Å²) in [6.45, 7) is 2.16. The Hall–Kier alpha value is -1.40. The van der Waals surface area contributed by atoms with Crippen molar-refractivity contribution >= 4 is 15.9 Å². The summed E-state index contributed by atoms with van der Waals surface area (Å²) < 4.78 is 11.5. The smallest absolute Gasteiger partial charge is 0.257 e. The molecule has 2 heterocycles. The van der Waals surface area contributed by atoms with E-state index in [0.29, 0.717) is 11.8 Å². The first-order valence-electron chi connectivity index (χ1n) is 7.13. The second kappa shape index (κ2) is 6.58. The minimum absolute atomic E-state index is 0.553. The molecule has 0 amide bonds. The van der Waals surface area contributed by atoms with Crippen molar-refractivity contribution in [3.05, 3.63) is 28.5 Å². The van der Waals surface area contributed by atoms with Gasteiger partial charge in [-0.25, -0.2) is 0 Å². The Bertz CT molecular complexity index is 609. The van der Waals surface area contributed by atoms with Crippen LogP contribution >= 0.6 is 15.9 Å². The van der Waals surface area contributed by atoms with E-state index in [9.17, 15) is 0 Å². The zero-order valence-electron chi connectivity index (χ0n) is 11.9. The zero-order chi connectivity index (χ0) is 14.7. The molecule has 1 aromatic heterocycles. The number of halogens is 1. The van der Waals surface area contributed by atoms with Crippen molar-refractivity contribution in [2.24, 2.45) is 5.92 Å². The highest BCUT2D eigenvalue weighted by molar-refractivity contribution is 9.10. The van der Waals surface area contributed by atoms with Gasteiger partial charge in [-0.15, -0.1) is 0 Å².